The molecule has 3 nitrogen and oxygen atoms in total. The highest BCUT2D eigenvalue weighted by molar-refractivity contribution is 6.12. The Morgan fingerprint density at radius 1 is 1.08 bits per heavy atom. The Balaban J connectivity index is 2.06. The topological polar surface area (TPSA) is 42.0 Å². The summed E-state index contributed by atoms with van der Waals surface area (Å²) in [6, 6.07) is 17.6. The summed E-state index contributed by atoms with van der Waals surface area (Å²) in [4.78, 5) is 17.6. The molecule has 1 amide bonds. The summed E-state index contributed by atoms with van der Waals surface area (Å²) in [5, 5.41) is 3.95. The SMILES string of the molecule is CCc1ccccc1NC(=O)c1cc(C(C)C)nc2ccccc12. The summed E-state index contributed by atoms with van der Waals surface area (Å²) >= 11 is 0. The Bertz CT molecular complexity index is 884. The molecular weight excluding hydrogens is 296 g/mol. The number of benzene rings is 2. The van der Waals surface area contributed by atoms with E-state index in [1.807, 2.05) is 54.6 Å². The number of anilines is 1. The number of hydrogen-bond acceptors (Lipinski definition) is 2. The number of para-hydroxylation sites is 2. The summed E-state index contributed by atoms with van der Waals surface area (Å²) in [7, 11) is 0. The second kappa shape index (κ2) is 6.83. The third kappa shape index (κ3) is 3.16. The number of rotatable bonds is 4. The van der Waals surface area contributed by atoms with Crippen LogP contribution in [0.1, 0.15) is 48.3 Å². The first kappa shape index (κ1) is 16.2. The Morgan fingerprint density at radius 2 is 1.79 bits per heavy atom. The van der Waals surface area contributed by atoms with E-state index in [-0.39, 0.29) is 11.8 Å². The molecule has 3 rings (SSSR count). The molecule has 3 aromatic rings. The minimum atomic E-state index is -0.0867. The first-order chi connectivity index (χ1) is 11.6. The van der Waals surface area contributed by atoms with Crippen molar-refractivity contribution in [3.05, 3.63) is 71.4 Å². The number of pyridine rings is 1. The van der Waals surface area contributed by atoms with Crippen molar-refractivity contribution in [2.24, 2.45) is 0 Å². The third-order valence-electron chi connectivity index (χ3n) is 4.22. The highest BCUT2D eigenvalue weighted by Crippen LogP contribution is 2.24. The molecular formula is C21H22N2O. The summed E-state index contributed by atoms with van der Waals surface area (Å²) in [6.45, 7) is 6.26. The van der Waals surface area contributed by atoms with Crippen LogP contribution in [-0.4, -0.2) is 10.9 Å². The number of nitrogens with one attached hydrogen (secondary N) is 1. The van der Waals surface area contributed by atoms with E-state index in [0.717, 1.165) is 34.3 Å². The van der Waals surface area contributed by atoms with Gasteiger partial charge in [-0.2, -0.15) is 0 Å². The lowest BCUT2D eigenvalue weighted by Crippen LogP contribution is -2.15. The zero-order valence-corrected chi connectivity index (χ0v) is 14.3. The molecule has 0 aliphatic rings. The molecule has 24 heavy (non-hydrogen) atoms. The predicted octanol–water partition coefficient (Wildman–Crippen LogP) is 5.17. The lowest BCUT2D eigenvalue weighted by Gasteiger charge is -2.13. The number of amides is 1. The molecule has 1 aromatic heterocycles. The van der Waals surface area contributed by atoms with Crippen molar-refractivity contribution in [1.82, 2.24) is 4.98 Å². The van der Waals surface area contributed by atoms with E-state index in [2.05, 4.69) is 31.1 Å². The van der Waals surface area contributed by atoms with Crippen LogP contribution in [-0.2, 0) is 6.42 Å². The van der Waals surface area contributed by atoms with Gasteiger partial charge in [0, 0.05) is 16.8 Å². The fourth-order valence-electron chi connectivity index (χ4n) is 2.82. The zero-order chi connectivity index (χ0) is 17.1. The zero-order valence-electron chi connectivity index (χ0n) is 14.3. The minimum absolute atomic E-state index is 0.0867. The standard InChI is InChI=1S/C21H22N2O/c1-4-15-9-5-7-11-18(15)23-21(24)17-13-20(14(2)3)22-19-12-8-6-10-16(17)19/h5-14H,4H2,1-3H3,(H,23,24). The molecule has 0 saturated carbocycles. The lowest BCUT2D eigenvalue weighted by atomic mass is 10.0. The predicted molar refractivity (Wildman–Crippen MR) is 99.6 cm³/mol. The maximum Gasteiger partial charge on any atom is 0.256 e. The van der Waals surface area contributed by atoms with Gasteiger partial charge in [-0.05, 0) is 36.1 Å². The quantitative estimate of drug-likeness (QED) is 0.721. The number of hydrogen-bond donors (Lipinski definition) is 1. The fourth-order valence-corrected chi connectivity index (χ4v) is 2.82. The van der Waals surface area contributed by atoms with Crippen LogP contribution in [0.4, 0.5) is 5.69 Å². The molecule has 0 spiro atoms. The van der Waals surface area contributed by atoms with Crippen molar-refractivity contribution in [2.45, 2.75) is 33.1 Å². The van der Waals surface area contributed by atoms with E-state index in [1.54, 1.807) is 0 Å². The molecule has 0 atom stereocenters. The normalized spacial score (nSPS) is 11.0. The first-order valence-corrected chi connectivity index (χ1v) is 8.39. The molecule has 1 heterocycles. The average molecular weight is 318 g/mol. The van der Waals surface area contributed by atoms with Crippen LogP contribution < -0.4 is 5.32 Å². The second-order valence-electron chi connectivity index (χ2n) is 6.23. The molecule has 2 aromatic carbocycles. The largest absolute Gasteiger partial charge is 0.322 e. The number of nitrogens with zero attached hydrogens (tertiary/aromatic N) is 1. The molecule has 0 aliphatic heterocycles. The van der Waals surface area contributed by atoms with Gasteiger partial charge < -0.3 is 5.32 Å². The van der Waals surface area contributed by atoms with E-state index in [4.69, 9.17) is 0 Å². The van der Waals surface area contributed by atoms with Gasteiger partial charge in [-0.15, -0.1) is 0 Å². The highest BCUT2D eigenvalue weighted by atomic mass is 16.1. The number of fused-ring (bicyclic) bond motifs is 1. The van der Waals surface area contributed by atoms with Gasteiger partial charge in [0.2, 0.25) is 0 Å². The molecule has 122 valence electrons. The molecule has 0 saturated heterocycles. The molecule has 1 N–H and O–H groups in total. The van der Waals surface area contributed by atoms with Crippen molar-refractivity contribution >= 4 is 22.5 Å². The van der Waals surface area contributed by atoms with Gasteiger partial charge >= 0.3 is 0 Å². The number of carbonyl (C=O) groups is 1. The van der Waals surface area contributed by atoms with Gasteiger partial charge in [-0.1, -0.05) is 57.2 Å². The Labute approximate surface area is 142 Å². The van der Waals surface area contributed by atoms with Crippen molar-refractivity contribution in [3.63, 3.8) is 0 Å². The molecule has 0 aliphatic carbocycles. The smallest absolute Gasteiger partial charge is 0.256 e. The van der Waals surface area contributed by atoms with Crippen LogP contribution in [0.25, 0.3) is 10.9 Å². The number of aryl methyl sites for hydroxylation is 1. The van der Waals surface area contributed by atoms with E-state index in [0.29, 0.717) is 5.56 Å². The van der Waals surface area contributed by atoms with Gasteiger partial charge in [0.05, 0.1) is 11.1 Å². The molecule has 0 radical (unpaired) electrons. The van der Waals surface area contributed by atoms with Crippen LogP contribution in [0, 0.1) is 0 Å². The van der Waals surface area contributed by atoms with E-state index >= 15 is 0 Å². The van der Waals surface area contributed by atoms with Crippen LogP contribution >= 0.6 is 0 Å². The summed E-state index contributed by atoms with van der Waals surface area (Å²) < 4.78 is 0. The van der Waals surface area contributed by atoms with Crippen LogP contribution in [0.5, 0.6) is 0 Å². The lowest BCUT2D eigenvalue weighted by molar-refractivity contribution is 0.102. The Kier molecular flexibility index (Phi) is 4.61. The van der Waals surface area contributed by atoms with E-state index in [1.165, 1.54) is 0 Å². The summed E-state index contributed by atoms with van der Waals surface area (Å²) in [5.74, 6) is 0.181. The van der Waals surface area contributed by atoms with Gasteiger partial charge in [0.25, 0.3) is 5.91 Å². The summed E-state index contributed by atoms with van der Waals surface area (Å²) in [6.07, 6.45) is 0.880. The van der Waals surface area contributed by atoms with Crippen LogP contribution in [0.15, 0.2) is 54.6 Å². The highest BCUT2D eigenvalue weighted by Gasteiger charge is 2.15. The summed E-state index contributed by atoms with van der Waals surface area (Å²) in [5.41, 5.74) is 4.47. The van der Waals surface area contributed by atoms with Crippen LogP contribution in [0.2, 0.25) is 0 Å². The van der Waals surface area contributed by atoms with Gasteiger partial charge in [-0.25, -0.2) is 0 Å². The minimum Gasteiger partial charge on any atom is -0.322 e. The van der Waals surface area contributed by atoms with Gasteiger partial charge in [-0.3, -0.25) is 9.78 Å². The van der Waals surface area contributed by atoms with E-state index < -0.39 is 0 Å². The maximum atomic E-state index is 12.9. The van der Waals surface area contributed by atoms with Crippen molar-refractivity contribution in [3.8, 4) is 0 Å². The monoisotopic (exact) mass is 318 g/mol. The molecule has 0 fully saturated rings. The Hall–Kier alpha value is -2.68. The van der Waals surface area contributed by atoms with Gasteiger partial charge in [0.15, 0.2) is 0 Å². The second-order valence-corrected chi connectivity index (χ2v) is 6.23. The molecule has 0 unspecified atom stereocenters. The van der Waals surface area contributed by atoms with Crippen molar-refractivity contribution < 1.29 is 4.79 Å². The van der Waals surface area contributed by atoms with Crippen molar-refractivity contribution in [1.29, 1.82) is 0 Å². The average Bonchev–Trinajstić information content (AvgIpc) is 2.61. The fraction of sp³-hybridized carbons (Fsp3) is 0.238. The third-order valence-corrected chi connectivity index (χ3v) is 4.22. The van der Waals surface area contributed by atoms with Crippen molar-refractivity contribution in [2.75, 3.05) is 5.32 Å². The first-order valence-electron chi connectivity index (χ1n) is 8.39. The Morgan fingerprint density at radius 3 is 2.54 bits per heavy atom. The maximum absolute atomic E-state index is 12.9. The van der Waals surface area contributed by atoms with Crippen LogP contribution in [0.3, 0.4) is 0 Å². The molecule has 3 heteroatoms. The number of aromatic nitrogens is 1. The number of carbonyl (C=O) groups excluding carboxylic acids is 1. The molecule has 0 bridgehead atoms. The van der Waals surface area contributed by atoms with Gasteiger partial charge in [0.1, 0.15) is 0 Å². The van der Waals surface area contributed by atoms with E-state index in [9.17, 15) is 4.79 Å².